The molecule has 0 aromatic heterocycles. The van der Waals surface area contributed by atoms with Crippen LogP contribution < -0.4 is 0 Å². The molecule has 0 saturated carbocycles. The van der Waals surface area contributed by atoms with Crippen LogP contribution in [0.15, 0.2) is 0 Å². The number of esters is 4. The number of carbonyl (C=O) groups is 4. The Kier molecular flexibility index (Phi) is 77.7. The fraction of sp³-hybridized carbons (Fsp3) is 0.953. The number of hydrogen-bond acceptors (Lipinski definition) is 15. The summed E-state index contributed by atoms with van der Waals surface area (Å²) in [6.07, 6.45) is 73.5. The van der Waals surface area contributed by atoms with Crippen molar-refractivity contribution in [2.45, 2.75) is 483 Å². The van der Waals surface area contributed by atoms with E-state index < -0.39 is 97.5 Å². The lowest BCUT2D eigenvalue weighted by molar-refractivity contribution is -0.161. The van der Waals surface area contributed by atoms with Gasteiger partial charge in [-0.1, -0.05) is 413 Å². The van der Waals surface area contributed by atoms with E-state index in [2.05, 4.69) is 27.7 Å². The quantitative estimate of drug-likeness (QED) is 0.0222. The number of carbonyl (C=O) groups excluding carboxylic acids is 4. The van der Waals surface area contributed by atoms with Gasteiger partial charge in [0.15, 0.2) is 12.2 Å². The molecule has 0 fully saturated rings. The van der Waals surface area contributed by atoms with E-state index in [9.17, 15) is 43.2 Å². The van der Waals surface area contributed by atoms with E-state index in [1.54, 1.807) is 0 Å². The third-order valence-electron chi connectivity index (χ3n) is 20.1. The molecule has 5 atom stereocenters. The van der Waals surface area contributed by atoms with Crippen molar-refractivity contribution < 1.29 is 80.2 Å². The molecule has 0 heterocycles. The number of rotatable bonds is 86. The molecule has 0 saturated heterocycles. The molecule has 0 spiro atoms. The molecule has 3 N–H and O–H groups in total. The summed E-state index contributed by atoms with van der Waals surface area (Å²) in [6.45, 7) is 5.05. The summed E-state index contributed by atoms with van der Waals surface area (Å²) in [7, 11) is -9.92. The molecule has 0 aliphatic heterocycles. The van der Waals surface area contributed by atoms with Crippen LogP contribution in [0.5, 0.6) is 0 Å². The van der Waals surface area contributed by atoms with Gasteiger partial charge in [0.05, 0.1) is 26.4 Å². The largest absolute Gasteiger partial charge is 0.472 e. The number of phosphoric acid groups is 2. The summed E-state index contributed by atoms with van der Waals surface area (Å²) in [6, 6.07) is 0. The van der Waals surface area contributed by atoms with Crippen LogP contribution in [-0.2, 0) is 65.4 Å². The minimum Gasteiger partial charge on any atom is -0.462 e. The summed E-state index contributed by atoms with van der Waals surface area (Å²) in [4.78, 5) is 73.2. The van der Waals surface area contributed by atoms with E-state index >= 15 is 0 Å². The molecule has 0 amide bonds. The standard InChI is InChI=1S/C85H166O17P2/c1-5-9-13-17-21-25-29-33-35-37-39-41-43-45-48-52-56-60-64-68-72-85(90)102-81(76-96-83(88)70-66-62-58-54-50-47-44-42-40-38-36-34-30-26-22-18-14-10-6-2)78-100-104(93,94)98-74-79(86)73-97-103(91,92)99-77-80(75-95-82(87)69-65-61-57-53-49-32-28-24-20-16-12-8-4)101-84(89)71-67-63-59-55-51-46-31-27-23-19-15-11-7-3/h79-81,86H,5-78H2,1-4H3,(H,91,92)(H,93,94)/t79-,80+,81+/m0/s1. The number of aliphatic hydroxyl groups is 1. The SMILES string of the molecule is CCCCCCCCCCCCCCCCCCCCCCC(=O)O[C@H](COC(=O)CCCCCCCCCCCCCCCCCCCCC)COP(=O)(O)OC[C@@H](O)COP(=O)(O)OC[C@@H](COC(=O)CCCCCCCCCCCCCC)OC(=O)CCCCCCCCCCCCCCC. The van der Waals surface area contributed by atoms with Gasteiger partial charge in [0, 0.05) is 25.7 Å². The summed E-state index contributed by atoms with van der Waals surface area (Å²) < 4.78 is 68.9. The van der Waals surface area contributed by atoms with Gasteiger partial charge < -0.3 is 33.8 Å². The normalized spacial score (nSPS) is 13.7. The Labute approximate surface area is 638 Å². The van der Waals surface area contributed by atoms with Crippen molar-refractivity contribution in [1.29, 1.82) is 0 Å². The fourth-order valence-electron chi connectivity index (χ4n) is 13.3. The van der Waals surface area contributed by atoms with Gasteiger partial charge in [0.25, 0.3) is 0 Å². The van der Waals surface area contributed by atoms with Crippen LogP contribution in [0.1, 0.15) is 464 Å². The second kappa shape index (κ2) is 79.2. The zero-order valence-corrected chi connectivity index (χ0v) is 69.8. The molecule has 0 radical (unpaired) electrons. The van der Waals surface area contributed by atoms with Crippen LogP contribution >= 0.6 is 15.6 Å². The maximum atomic E-state index is 13.1. The monoisotopic (exact) mass is 1520 g/mol. The van der Waals surface area contributed by atoms with E-state index in [1.165, 1.54) is 295 Å². The third-order valence-corrected chi connectivity index (χ3v) is 22.0. The highest BCUT2D eigenvalue weighted by atomic mass is 31.2. The van der Waals surface area contributed by atoms with Gasteiger partial charge in [-0.3, -0.25) is 37.3 Å². The van der Waals surface area contributed by atoms with E-state index in [-0.39, 0.29) is 25.7 Å². The molecule has 19 heteroatoms. The zero-order valence-electron chi connectivity index (χ0n) is 68.0. The molecule has 0 aromatic carbocycles. The molecule has 0 aliphatic carbocycles. The van der Waals surface area contributed by atoms with E-state index in [4.69, 9.17) is 37.0 Å². The Bertz CT molecular complexity index is 1960. The average Bonchev–Trinajstić information content (AvgIpc) is 0.911. The van der Waals surface area contributed by atoms with Gasteiger partial charge in [-0.2, -0.15) is 0 Å². The van der Waals surface area contributed by atoms with Gasteiger partial charge in [-0.05, 0) is 25.7 Å². The lowest BCUT2D eigenvalue weighted by Gasteiger charge is -2.21. The Hall–Kier alpha value is -1.94. The number of phosphoric ester groups is 2. The van der Waals surface area contributed by atoms with Crippen LogP contribution in [0.25, 0.3) is 0 Å². The number of hydrogen-bond donors (Lipinski definition) is 3. The van der Waals surface area contributed by atoms with Crippen molar-refractivity contribution in [2.24, 2.45) is 0 Å². The summed E-state index contributed by atoms with van der Waals surface area (Å²) in [5, 5.41) is 10.7. The first-order valence-electron chi connectivity index (χ1n) is 44.3. The number of unbranched alkanes of at least 4 members (excludes halogenated alkanes) is 60. The molecular weight excluding hydrogens is 1350 g/mol. The molecule has 17 nitrogen and oxygen atoms in total. The van der Waals surface area contributed by atoms with Crippen molar-refractivity contribution in [3.8, 4) is 0 Å². The zero-order chi connectivity index (χ0) is 76.0. The minimum atomic E-state index is -4.96. The maximum Gasteiger partial charge on any atom is 0.472 e. The Morgan fingerprint density at radius 2 is 0.385 bits per heavy atom. The maximum absolute atomic E-state index is 13.1. The third kappa shape index (κ3) is 78.2. The molecule has 0 aromatic rings. The van der Waals surface area contributed by atoms with Crippen LogP contribution in [0.3, 0.4) is 0 Å². The Morgan fingerprint density at radius 3 is 0.567 bits per heavy atom. The first kappa shape index (κ1) is 102. The van der Waals surface area contributed by atoms with Gasteiger partial charge in [-0.25, -0.2) is 9.13 Å². The highest BCUT2D eigenvalue weighted by molar-refractivity contribution is 7.47. The topological polar surface area (TPSA) is 237 Å². The molecule has 618 valence electrons. The van der Waals surface area contributed by atoms with Crippen LogP contribution in [0, 0.1) is 0 Å². The predicted octanol–water partition coefficient (Wildman–Crippen LogP) is 26.1. The van der Waals surface area contributed by atoms with Gasteiger partial charge >= 0.3 is 39.5 Å². The molecule has 0 aliphatic rings. The molecule has 104 heavy (non-hydrogen) atoms. The highest BCUT2D eigenvalue weighted by Gasteiger charge is 2.30. The molecule has 0 rings (SSSR count). The summed E-state index contributed by atoms with van der Waals surface area (Å²) in [5.41, 5.74) is 0. The average molecular weight is 1520 g/mol. The smallest absolute Gasteiger partial charge is 0.462 e. The van der Waals surface area contributed by atoms with Crippen LogP contribution in [0.2, 0.25) is 0 Å². The summed E-state index contributed by atoms with van der Waals surface area (Å²) in [5.74, 6) is -2.10. The minimum absolute atomic E-state index is 0.109. The number of ether oxygens (including phenoxy) is 4. The van der Waals surface area contributed by atoms with Gasteiger partial charge in [0.2, 0.25) is 0 Å². The molecular formula is C85H166O17P2. The second-order valence-corrected chi connectivity index (χ2v) is 33.5. The lowest BCUT2D eigenvalue weighted by Crippen LogP contribution is -2.30. The second-order valence-electron chi connectivity index (χ2n) is 30.6. The van der Waals surface area contributed by atoms with Crippen molar-refractivity contribution in [2.75, 3.05) is 39.6 Å². The summed E-state index contributed by atoms with van der Waals surface area (Å²) >= 11 is 0. The van der Waals surface area contributed by atoms with Crippen molar-refractivity contribution in [1.82, 2.24) is 0 Å². The van der Waals surface area contributed by atoms with E-state index in [0.29, 0.717) is 25.7 Å². The number of aliphatic hydroxyl groups excluding tert-OH is 1. The van der Waals surface area contributed by atoms with Crippen molar-refractivity contribution >= 4 is 39.5 Å². The Morgan fingerprint density at radius 1 is 0.231 bits per heavy atom. The van der Waals surface area contributed by atoms with Crippen molar-refractivity contribution in [3.63, 3.8) is 0 Å². The van der Waals surface area contributed by atoms with E-state index in [0.717, 1.165) is 89.9 Å². The van der Waals surface area contributed by atoms with Crippen LogP contribution in [0.4, 0.5) is 0 Å². The van der Waals surface area contributed by atoms with Gasteiger partial charge in [0.1, 0.15) is 19.3 Å². The molecule has 2 unspecified atom stereocenters. The van der Waals surface area contributed by atoms with Crippen molar-refractivity contribution in [3.05, 3.63) is 0 Å². The van der Waals surface area contributed by atoms with Crippen LogP contribution in [-0.4, -0.2) is 96.7 Å². The first-order valence-corrected chi connectivity index (χ1v) is 47.3. The molecule has 0 bridgehead atoms. The van der Waals surface area contributed by atoms with E-state index in [1.807, 2.05) is 0 Å². The highest BCUT2D eigenvalue weighted by Crippen LogP contribution is 2.45. The fourth-order valence-corrected chi connectivity index (χ4v) is 14.9. The predicted molar refractivity (Wildman–Crippen MR) is 428 cm³/mol. The Balaban J connectivity index is 5.23. The van der Waals surface area contributed by atoms with Gasteiger partial charge in [-0.15, -0.1) is 0 Å². The first-order chi connectivity index (χ1) is 50.7. The lowest BCUT2D eigenvalue weighted by atomic mass is 10.0.